The van der Waals surface area contributed by atoms with Crippen LogP contribution in [0.1, 0.15) is 116 Å². The van der Waals surface area contributed by atoms with Gasteiger partial charge in [-0.15, -0.1) is 0 Å². The van der Waals surface area contributed by atoms with Crippen molar-refractivity contribution in [3.05, 3.63) is 36.4 Å². The Hall–Kier alpha value is -3.66. The Balaban J connectivity index is 1.03. The molecule has 3 spiro atoms. The predicted molar refractivity (Wildman–Crippen MR) is 205 cm³/mol. The van der Waals surface area contributed by atoms with Crippen LogP contribution in [0.5, 0.6) is 34.5 Å². The van der Waals surface area contributed by atoms with Gasteiger partial charge in [0.25, 0.3) is 17.4 Å². The Morgan fingerprint density at radius 1 is 0.333 bits per heavy atom. The Labute approximate surface area is 315 Å². The first-order valence-electron chi connectivity index (χ1n) is 21.2. The van der Waals surface area contributed by atoms with Gasteiger partial charge in [-0.1, -0.05) is 38.5 Å². The largest absolute Gasteiger partial charge is 0.446 e. The topological polar surface area (TPSA) is 133 Å². The normalized spacial score (nSPS) is 42.2. The third-order valence-corrected chi connectivity index (χ3v) is 16.4. The molecule has 6 bridgehead atoms. The van der Waals surface area contributed by atoms with E-state index in [0.717, 1.165) is 182 Å². The van der Waals surface area contributed by atoms with Crippen molar-refractivity contribution in [3.8, 4) is 34.5 Å². The Bertz CT molecular complexity index is 1920. The summed E-state index contributed by atoms with van der Waals surface area (Å²) < 4.78 is 42.3. The first-order chi connectivity index (χ1) is 26.2. The third-order valence-electron chi connectivity index (χ3n) is 16.4. The summed E-state index contributed by atoms with van der Waals surface area (Å²) in [6.45, 7) is 0. The Kier molecular flexibility index (Phi) is 5.84. The second-order valence-electron chi connectivity index (χ2n) is 19.1. The highest BCUT2D eigenvalue weighted by atomic mass is 16.8. The van der Waals surface area contributed by atoms with Crippen molar-refractivity contribution >= 4 is 32.3 Å². The van der Waals surface area contributed by atoms with Crippen molar-refractivity contribution < 1.29 is 28.4 Å². The fourth-order valence-corrected chi connectivity index (χ4v) is 13.8. The van der Waals surface area contributed by atoms with E-state index in [1.54, 1.807) is 0 Å². The summed E-state index contributed by atoms with van der Waals surface area (Å²) in [6, 6.07) is 13.2. The maximum Gasteiger partial charge on any atom is 0.272 e. The lowest BCUT2D eigenvalue weighted by atomic mass is 9.63. The van der Waals surface area contributed by atoms with Gasteiger partial charge in [-0.05, 0) is 146 Å². The van der Waals surface area contributed by atoms with E-state index in [1.807, 2.05) is 0 Å². The zero-order valence-electron chi connectivity index (χ0n) is 31.1. The molecular formula is C45H51N3O6. The molecule has 0 saturated heterocycles. The van der Waals surface area contributed by atoms with Crippen molar-refractivity contribution in [2.24, 2.45) is 35.0 Å². The third kappa shape index (κ3) is 3.61. The summed E-state index contributed by atoms with van der Waals surface area (Å²) >= 11 is 0. The predicted octanol–water partition coefficient (Wildman–Crippen LogP) is 8.59. The zero-order valence-corrected chi connectivity index (χ0v) is 31.1. The SMILES string of the molecule is NC12CCCC(CCC1)C21Oc2cc3c4cc5c(cc4c4cc6c(cc4c3cc2O1)OC1(O6)C2CCCC1(N)CCC2)OC1(O5)C2CCCC1(N)CCC2. The number of hydrogen-bond acceptors (Lipinski definition) is 9. The first kappa shape index (κ1) is 31.5. The standard InChI is InChI=1S/C45H51N3O6/c46-40-13-1-7-25(8-2-14-40)43(40)49-34-19-28-29(20-35(34)50-43)31-22-37-39(54-45(52-37)27-11-5-17-42(45,48)18-6-12-27)24-33(31)32-23-38-36(21-30(28)32)51-44(53-38)26-9-3-15-41(44,47)16-4-10-26/h19-27H,1-18,46-48H2. The number of benzene rings is 4. The number of nitrogens with two attached hydrogens (primary N) is 3. The minimum atomic E-state index is -0.841. The van der Waals surface area contributed by atoms with Crippen molar-refractivity contribution in [3.63, 3.8) is 0 Å². The van der Waals surface area contributed by atoms with Gasteiger partial charge in [0.2, 0.25) is 0 Å². The Morgan fingerprint density at radius 2 is 0.519 bits per heavy atom. The van der Waals surface area contributed by atoms with Crippen LogP contribution >= 0.6 is 0 Å². The van der Waals surface area contributed by atoms with Gasteiger partial charge in [-0.2, -0.15) is 0 Å². The van der Waals surface area contributed by atoms with Gasteiger partial charge in [-0.3, -0.25) is 0 Å². The fourth-order valence-electron chi connectivity index (χ4n) is 13.8. The molecule has 0 aromatic heterocycles. The van der Waals surface area contributed by atoms with Crippen LogP contribution in [-0.2, 0) is 0 Å². The van der Waals surface area contributed by atoms with Crippen LogP contribution in [0.3, 0.4) is 0 Å². The first-order valence-corrected chi connectivity index (χ1v) is 21.2. The molecule has 6 saturated carbocycles. The van der Waals surface area contributed by atoms with E-state index in [9.17, 15) is 0 Å². The van der Waals surface area contributed by atoms with E-state index in [1.165, 1.54) is 0 Å². The van der Waals surface area contributed by atoms with Crippen LogP contribution in [0.15, 0.2) is 36.4 Å². The minimum absolute atomic E-state index is 0.265. The van der Waals surface area contributed by atoms with E-state index in [2.05, 4.69) is 36.4 Å². The summed E-state index contributed by atoms with van der Waals surface area (Å²) in [6.07, 6.45) is 18.6. The summed E-state index contributed by atoms with van der Waals surface area (Å²) in [4.78, 5) is 0. The molecule has 9 nitrogen and oxygen atoms in total. The van der Waals surface area contributed by atoms with Crippen LogP contribution in [0.4, 0.5) is 0 Å². The lowest BCUT2D eigenvalue weighted by Gasteiger charge is -2.54. The molecule has 6 fully saturated rings. The highest BCUT2D eigenvalue weighted by Gasteiger charge is 2.67. The van der Waals surface area contributed by atoms with Crippen LogP contribution < -0.4 is 45.6 Å². The average molecular weight is 730 g/mol. The average Bonchev–Trinajstić information content (AvgIpc) is 3.81. The van der Waals surface area contributed by atoms with Crippen molar-refractivity contribution in [1.29, 1.82) is 0 Å². The summed E-state index contributed by atoms with van der Waals surface area (Å²) in [5, 5.41) is 6.42. The second kappa shape index (κ2) is 10.0. The van der Waals surface area contributed by atoms with Gasteiger partial charge < -0.3 is 45.6 Å². The second-order valence-corrected chi connectivity index (χ2v) is 19.1. The molecule has 0 amide bonds. The quantitative estimate of drug-likeness (QED) is 0.152. The van der Waals surface area contributed by atoms with E-state index < -0.39 is 34.0 Å². The van der Waals surface area contributed by atoms with E-state index in [4.69, 9.17) is 45.6 Å². The molecule has 4 aromatic rings. The summed E-state index contributed by atoms with van der Waals surface area (Å²) in [5.74, 6) is 2.87. The van der Waals surface area contributed by atoms with E-state index >= 15 is 0 Å². The lowest BCUT2D eigenvalue weighted by molar-refractivity contribution is -0.215. The lowest BCUT2D eigenvalue weighted by Crippen LogP contribution is -2.72. The monoisotopic (exact) mass is 729 g/mol. The zero-order chi connectivity index (χ0) is 35.9. The van der Waals surface area contributed by atoms with Gasteiger partial charge >= 0.3 is 0 Å². The Morgan fingerprint density at radius 3 is 0.685 bits per heavy atom. The highest BCUT2D eigenvalue weighted by molar-refractivity contribution is 6.27. The minimum Gasteiger partial charge on any atom is -0.446 e. The number of rotatable bonds is 0. The van der Waals surface area contributed by atoms with Crippen LogP contribution in [-0.4, -0.2) is 34.0 Å². The van der Waals surface area contributed by atoms with E-state index in [0.29, 0.717) is 0 Å². The molecule has 13 rings (SSSR count). The smallest absolute Gasteiger partial charge is 0.272 e. The molecule has 54 heavy (non-hydrogen) atoms. The molecule has 3 aliphatic heterocycles. The maximum atomic E-state index is 7.25. The van der Waals surface area contributed by atoms with Gasteiger partial charge in [0.1, 0.15) is 0 Å². The van der Waals surface area contributed by atoms with E-state index in [-0.39, 0.29) is 17.8 Å². The van der Waals surface area contributed by atoms with Gasteiger partial charge in [-0.25, -0.2) is 0 Å². The molecule has 9 heteroatoms. The van der Waals surface area contributed by atoms with Crippen LogP contribution in [0, 0.1) is 17.8 Å². The molecule has 6 N–H and O–H groups in total. The van der Waals surface area contributed by atoms with Crippen LogP contribution in [0.25, 0.3) is 32.3 Å². The van der Waals surface area contributed by atoms with Gasteiger partial charge in [0.05, 0.1) is 16.6 Å². The van der Waals surface area contributed by atoms with Crippen molar-refractivity contribution in [2.75, 3.05) is 0 Å². The number of fused-ring (bicyclic) bond motifs is 9. The fraction of sp³-hybridized carbons (Fsp3) is 0.600. The molecule has 3 heterocycles. The summed E-state index contributed by atoms with van der Waals surface area (Å²) in [7, 11) is 0. The number of hydrogen-bond donors (Lipinski definition) is 3. The molecule has 4 aromatic carbocycles. The molecule has 9 aliphatic rings. The number of ether oxygens (including phenoxy) is 6. The van der Waals surface area contributed by atoms with Crippen molar-refractivity contribution in [1.82, 2.24) is 0 Å². The molecular weight excluding hydrogens is 679 g/mol. The molecule has 0 unspecified atom stereocenters. The summed E-state index contributed by atoms with van der Waals surface area (Å²) in [5.41, 5.74) is 20.2. The highest BCUT2D eigenvalue weighted by Crippen LogP contribution is 2.62. The van der Waals surface area contributed by atoms with Crippen molar-refractivity contribution in [2.45, 2.75) is 150 Å². The molecule has 0 atom stereocenters. The molecule has 6 aliphatic carbocycles. The maximum absolute atomic E-state index is 7.25. The molecule has 0 radical (unpaired) electrons. The van der Waals surface area contributed by atoms with Gasteiger partial charge in [0, 0.05) is 17.8 Å². The van der Waals surface area contributed by atoms with Crippen LogP contribution in [0.2, 0.25) is 0 Å². The molecule has 282 valence electrons. The van der Waals surface area contributed by atoms with Gasteiger partial charge in [0.15, 0.2) is 34.5 Å².